The van der Waals surface area contributed by atoms with Gasteiger partial charge in [0.25, 0.3) is 5.56 Å². The van der Waals surface area contributed by atoms with E-state index in [2.05, 4.69) is 32.5 Å². The van der Waals surface area contributed by atoms with E-state index in [9.17, 15) is 9.59 Å². The Morgan fingerprint density at radius 1 is 1.18 bits per heavy atom. The predicted molar refractivity (Wildman–Crippen MR) is 126 cm³/mol. The van der Waals surface area contributed by atoms with Gasteiger partial charge in [-0.25, -0.2) is 19.7 Å². The van der Waals surface area contributed by atoms with E-state index in [1.165, 1.54) is 17.1 Å². The zero-order valence-electron chi connectivity index (χ0n) is 19.6. The number of aryl methyl sites for hydroxylation is 1. The Kier molecular flexibility index (Phi) is 7.47. The van der Waals surface area contributed by atoms with Crippen LogP contribution in [0.3, 0.4) is 0 Å². The number of nitrogens with zero attached hydrogens (tertiary/aromatic N) is 4. The summed E-state index contributed by atoms with van der Waals surface area (Å²) in [6, 6.07) is 5.00. The highest BCUT2D eigenvalue weighted by Crippen LogP contribution is 2.23. The molecule has 10 heteroatoms. The van der Waals surface area contributed by atoms with E-state index < -0.39 is 11.7 Å². The van der Waals surface area contributed by atoms with E-state index in [4.69, 9.17) is 9.57 Å². The number of unbranched alkanes of at least 4 members (excludes halogenated alkanes) is 1. The van der Waals surface area contributed by atoms with Crippen LogP contribution in [0.4, 0.5) is 16.3 Å². The molecule has 0 fully saturated rings. The highest BCUT2D eigenvalue weighted by Gasteiger charge is 2.17. The van der Waals surface area contributed by atoms with Crippen LogP contribution in [-0.2, 0) is 11.3 Å². The van der Waals surface area contributed by atoms with Crippen LogP contribution >= 0.6 is 0 Å². The average Bonchev–Trinajstić information content (AvgIpc) is 2.73. The van der Waals surface area contributed by atoms with Crippen LogP contribution in [0.1, 0.15) is 51.8 Å². The van der Waals surface area contributed by atoms with Crippen LogP contribution in [0.25, 0.3) is 11.0 Å². The first kappa shape index (κ1) is 24.0. The summed E-state index contributed by atoms with van der Waals surface area (Å²) in [5.41, 5.74) is 1.71. The number of fused-ring (bicyclic) bond motifs is 1. The summed E-state index contributed by atoms with van der Waals surface area (Å²) < 4.78 is 6.45. The Morgan fingerprint density at radius 3 is 2.64 bits per heavy atom. The molecule has 0 saturated carbocycles. The van der Waals surface area contributed by atoms with Gasteiger partial charge in [0.15, 0.2) is 5.65 Å². The van der Waals surface area contributed by atoms with Crippen molar-refractivity contribution in [1.29, 1.82) is 0 Å². The van der Waals surface area contributed by atoms with Crippen molar-refractivity contribution >= 4 is 28.6 Å². The minimum Gasteiger partial charge on any atom is -0.444 e. The number of anilines is 2. The molecule has 0 bridgehead atoms. The molecule has 0 radical (unpaired) electrons. The molecule has 1 amide bonds. The van der Waals surface area contributed by atoms with Crippen LogP contribution in [0, 0.1) is 6.92 Å². The minimum atomic E-state index is -0.589. The van der Waals surface area contributed by atoms with Crippen molar-refractivity contribution in [3.63, 3.8) is 0 Å². The molecule has 10 nitrogen and oxygen atoms in total. The van der Waals surface area contributed by atoms with Crippen molar-refractivity contribution in [2.24, 2.45) is 0 Å². The lowest BCUT2D eigenvalue weighted by Gasteiger charge is -2.19. The molecule has 3 heterocycles. The molecule has 0 atom stereocenters. The van der Waals surface area contributed by atoms with Crippen molar-refractivity contribution in [3.05, 3.63) is 52.3 Å². The van der Waals surface area contributed by atoms with Gasteiger partial charge in [-0.05, 0) is 45.7 Å². The van der Waals surface area contributed by atoms with Crippen molar-refractivity contribution in [2.45, 2.75) is 59.6 Å². The molecule has 2 N–H and O–H groups in total. The molecule has 3 rings (SSSR count). The van der Waals surface area contributed by atoms with Crippen molar-refractivity contribution in [3.8, 4) is 0 Å². The first-order valence-electron chi connectivity index (χ1n) is 10.9. The number of aromatic nitrogens is 4. The number of amides is 1. The molecule has 0 saturated heterocycles. The fourth-order valence-electron chi connectivity index (χ4n) is 3.06. The summed E-state index contributed by atoms with van der Waals surface area (Å²) in [6.45, 7) is 10.1. The topological polar surface area (TPSA) is 120 Å². The molecule has 0 unspecified atom stereocenters. The lowest BCUT2D eigenvalue weighted by Crippen LogP contribution is -2.29. The quantitative estimate of drug-likeness (QED) is 0.495. The van der Waals surface area contributed by atoms with Crippen molar-refractivity contribution < 1.29 is 14.4 Å². The Hall–Kier alpha value is -3.69. The van der Waals surface area contributed by atoms with Gasteiger partial charge in [0.05, 0.1) is 16.8 Å². The summed E-state index contributed by atoms with van der Waals surface area (Å²) >= 11 is 0. The van der Waals surface area contributed by atoms with Gasteiger partial charge in [0.1, 0.15) is 24.4 Å². The second-order valence-electron chi connectivity index (χ2n) is 8.57. The van der Waals surface area contributed by atoms with Gasteiger partial charge in [0, 0.05) is 18.8 Å². The first-order valence-corrected chi connectivity index (χ1v) is 10.9. The van der Waals surface area contributed by atoms with E-state index in [0.29, 0.717) is 35.7 Å². The number of carbonyl (C=O) groups excluding carboxylic acids is 1. The Bertz CT molecular complexity index is 1170. The third kappa shape index (κ3) is 6.41. The van der Waals surface area contributed by atoms with E-state index in [0.717, 1.165) is 24.1 Å². The number of nitrogens with one attached hydrogen (secondary N) is 2. The molecule has 0 spiro atoms. The fourth-order valence-corrected chi connectivity index (χ4v) is 3.06. The number of hydrogen-bond acceptors (Lipinski definition) is 8. The van der Waals surface area contributed by atoms with E-state index in [-0.39, 0.29) is 5.56 Å². The van der Waals surface area contributed by atoms with E-state index in [1.54, 1.807) is 33.0 Å². The van der Waals surface area contributed by atoms with Gasteiger partial charge >= 0.3 is 6.09 Å². The van der Waals surface area contributed by atoms with Gasteiger partial charge in [-0.2, -0.15) is 0 Å². The van der Waals surface area contributed by atoms with E-state index in [1.807, 2.05) is 13.0 Å². The molecule has 3 aromatic heterocycles. The van der Waals surface area contributed by atoms with Crippen LogP contribution < -0.4 is 21.0 Å². The third-order valence-corrected chi connectivity index (χ3v) is 4.60. The maximum Gasteiger partial charge on any atom is 0.413 e. The third-order valence-electron chi connectivity index (χ3n) is 4.60. The highest BCUT2D eigenvalue weighted by molar-refractivity contribution is 5.90. The molecular weight excluding hydrogens is 424 g/mol. The monoisotopic (exact) mass is 454 g/mol. The maximum absolute atomic E-state index is 12.7. The molecule has 0 aliphatic heterocycles. The molecule has 0 aromatic carbocycles. The molecule has 0 aliphatic carbocycles. The molecule has 176 valence electrons. The number of rotatable bonds is 8. The second-order valence-corrected chi connectivity index (χ2v) is 8.57. The number of ether oxygens (including phenoxy) is 1. The zero-order chi connectivity index (χ0) is 24.0. The van der Waals surface area contributed by atoms with Crippen LogP contribution in [0.5, 0.6) is 0 Å². The van der Waals surface area contributed by atoms with Gasteiger partial charge in [-0.3, -0.25) is 10.1 Å². The van der Waals surface area contributed by atoms with Crippen LogP contribution in [0.15, 0.2) is 35.5 Å². The van der Waals surface area contributed by atoms with Gasteiger partial charge < -0.3 is 14.9 Å². The number of pyridine rings is 2. The Labute approximate surface area is 192 Å². The van der Waals surface area contributed by atoms with Gasteiger partial charge in [0.2, 0.25) is 0 Å². The normalized spacial score (nSPS) is 11.3. The molecule has 0 aliphatic rings. The number of carbonyl (C=O) groups is 1. The lowest BCUT2D eigenvalue weighted by molar-refractivity contribution is 0.0635. The van der Waals surface area contributed by atoms with Gasteiger partial charge in [-0.15, -0.1) is 4.73 Å². The average molecular weight is 455 g/mol. The number of hydrogen-bond donors (Lipinski definition) is 2. The minimum absolute atomic E-state index is 0.311. The summed E-state index contributed by atoms with van der Waals surface area (Å²) in [6.07, 6.45) is 4.29. The summed E-state index contributed by atoms with van der Waals surface area (Å²) in [4.78, 5) is 43.0. The first-order chi connectivity index (χ1) is 15.7. The summed E-state index contributed by atoms with van der Waals surface area (Å²) in [7, 11) is 0. The second kappa shape index (κ2) is 10.3. The largest absolute Gasteiger partial charge is 0.444 e. The molecular formula is C23H30N6O4. The Balaban J connectivity index is 1.75. The highest BCUT2D eigenvalue weighted by atomic mass is 16.7. The predicted octanol–water partition coefficient (Wildman–Crippen LogP) is 3.68. The maximum atomic E-state index is 12.7. The SMILES string of the molecule is CCCCOn1c(=O)cc(NCc2ccc(NC(=O)OC(C)(C)C)nc2)c2c(C)ncnc21. The standard InChI is InChI=1S/C23H30N6O4/c1-6-7-10-32-29-19(30)11-17(20-15(2)26-14-27-21(20)29)24-12-16-8-9-18(25-13-16)28-22(31)33-23(3,4)5/h8-9,11,13-14,24H,6-7,10,12H2,1-5H3,(H,25,28,31). The lowest BCUT2D eigenvalue weighted by atomic mass is 10.2. The van der Waals surface area contributed by atoms with Gasteiger partial charge in [-0.1, -0.05) is 19.4 Å². The smallest absolute Gasteiger partial charge is 0.413 e. The van der Waals surface area contributed by atoms with Crippen molar-refractivity contribution in [2.75, 3.05) is 17.2 Å². The van der Waals surface area contributed by atoms with Crippen LogP contribution in [0.2, 0.25) is 0 Å². The summed E-state index contributed by atoms with van der Waals surface area (Å²) in [5, 5.41) is 6.58. The molecule has 33 heavy (non-hydrogen) atoms. The van der Waals surface area contributed by atoms with E-state index >= 15 is 0 Å². The molecule has 3 aromatic rings. The Morgan fingerprint density at radius 2 is 1.97 bits per heavy atom. The van der Waals surface area contributed by atoms with Crippen molar-refractivity contribution in [1.82, 2.24) is 19.7 Å². The summed E-state index contributed by atoms with van der Waals surface area (Å²) in [5.74, 6) is 0.384. The zero-order valence-corrected chi connectivity index (χ0v) is 19.6. The van der Waals surface area contributed by atoms with Crippen LogP contribution in [-0.4, -0.2) is 38.0 Å². The fraction of sp³-hybridized carbons (Fsp3) is 0.435.